The lowest BCUT2D eigenvalue weighted by molar-refractivity contribution is 0.621. The van der Waals surface area contributed by atoms with E-state index in [2.05, 4.69) is 15.0 Å². The van der Waals surface area contributed by atoms with E-state index < -0.39 is 0 Å². The first-order valence-electron chi connectivity index (χ1n) is 5.34. The van der Waals surface area contributed by atoms with Crippen molar-refractivity contribution in [3.63, 3.8) is 0 Å². The molecule has 0 saturated heterocycles. The summed E-state index contributed by atoms with van der Waals surface area (Å²) in [5, 5.41) is 0. The van der Waals surface area contributed by atoms with E-state index in [0.717, 1.165) is 11.9 Å². The average molecular weight is 232 g/mol. The van der Waals surface area contributed by atoms with E-state index in [0.29, 0.717) is 17.9 Å². The van der Waals surface area contributed by atoms with Gasteiger partial charge in [-0.3, -0.25) is 0 Å². The van der Waals surface area contributed by atoms with Crippen molar-refractivity contribution >= 4 is 0 Å². The highest BCUT2D eigenvalue weighted by atomic mass is 19.1. The largest absolute Gasteiger partial charge is 0.328 e. The fraction of sp³-hybridized carbons (Fsp3) is 0.250. The summed E-state index contributed by atoms with van der Waals surface area (Å²) in [5.74, 6) is 0.114. The molecule has 2 rings (SSSR count). The maximum atomic E-state index is 12.7. The van der Waals surface area contributed by atoms with Crippen LogP contribution in [0.5, 0.6) is 0 Å². The summed E-state index contributed by atoms with van der Waals surface area (Å²) >= 11 is 0. The van der Waals surface area contributed by atoms with E-state index in [1.807, 2.05) is 13.0 Å². The van der Waals surface area contributed by atoms with Crippen molar-refractivity contribution in [2.24, 2.45) is 5.73 Å². The molecule has 1 atom stereocenters. The van der Waals surface area contributed by atoms with Crippen molar-refractivity contribution in [3.8, 4) is 11.5 Å². The van der Waals surface area contributed by atoms with Crippen LogP contribution in [0.2, 0.25) is 0 Å². The van der Waals surface area contributed by atoms with Crippen molar-refractivity contribution < 1.29 is 4.39 Å². The predicted molar refractivity (Wildman–Crippen MR) is 62.6 cm³/mol. The summed E-state index contributed by atoms with van der Waals surface area (Å²) in [6, 6.07) is 4.75. The Morgan fingerprint density at radius 1 is 1.29 bits per heavy atom. The molecule has 17 heavy (non-hydrogen) atoms. The van der Waals surface area contributed by atoms with E-state index in [9.17, 15) is 4.39 Å². The number of aromatic nitrogens is 3. The van der Waals surface area contributed by atoms with Crippen LogP contribution in [0.4, 0.5) is 4.39 Å². The van der Waals surface area contributed by atoms with Gasteiger partial charge in [-0.25, -0.2) is 19.3 Å². The van der Waals surface area contributed by atoms with Crippen LogP contribution < -0.4 is 5.73 Å². The molecule has 0 bridgehead atoms. The van der Waals surface area contributed by atoms with Gasteiger partial charge in [-0.05, 0) is 25.1 Å². The molecule has 0 saturated carbocycles. The average Bonchev–Trinajstić information content (AvgIpc) is 2.29. The van der Waals surface area contributed by atoms with Gasteiger partial charge in [0.1, 0.15) is 11.5 Å². The molecule has 0 aromatic carbocycles. The van der Waals surface area contributed by atoms with Crippen LogP contribution in [0.3, 0.4) is 0 Å². The molecular weight excluding hydrogens is 219 g/mol. The molecule has 1 unspecified atom stereocenters. The zero-order valence-corrected chi connectivity index (χ0v) is 9.47. The zero-order chi connectivity index (χ0) is 12.3. The van der Waals surface area contributed by atoms with Crippen molar-refractivity contribution in [1.29, 1.82) is 0 Å². The van der Waals surface area contributed by atoms with Crippen LogP contribution in [0.1, 0.15) is 12.6 Å². The van der Waals surface area contributed by atoms with Gasteiger partial charge in [0, 0.05) is 24.4 Å². The van der Waals surface area contributed by atoms with Crippen LogP contribution in [0, 0.1) is 5.82 Å². The third-order valence-electron chi connectivity index (χ3n) is 2.20. The van der Waals surface area contributed by atoms with Crippen molar-refractivity contribution in [3.05, 3.63) is 42.1 Å². The van der Waals surface area contributed by atoms with Gasteiger partial charge in [-0.2, -0.15) is 0 Å². The Morgan fingerprint density at radius 3 is 2.76 bits per heavy atom. The summed E-state index contributed by atoms with van der Waals surface area (Å²) in [6.45, 7) is 1.91. The Hall–Kier alpha value is -1.88. The van der Waals surface area contributed by atoms with E-state index in [4.69, 9.17) is 5.73 Å². The number of nitrogens with two attached hydrogens (primary N) is 1. The maximum Gasteiger partial charge on any atom is 0.178 e. The third kappa shape index (κ3) is 3.04. The molecule has 4 nitrogen and oxygen atoms in total. The molecule has 5 heteroatoms. The Morgan fingerprint density at radius 2 is 2.12 bits per heavy atom. The topological polar surface area (TPSA) is 64.7 Å². The second-order valence-corrected chi connectivity index (χ2v) is 3.91. The zero-order valence-electron chi connectivity index (χ0n) is 9.47. The number of rotatable bonds is 3. The summed E-state index contributed by atoms with van der Waals surface area (Å²) in [5.41, 5.74) is 7.12. The van der Waals surface area contributed by atoms with Crippen molar-refractivity contribution in [1.82, 2.24) is 15.0 Å². The summed E-state index contributed by atoms with van der Waals surface area (Å²) in [6.07, 6.45) is 3.48. The van der Waals surface area contributed by atoms with Crippen LogP contribution in [0.15, 0.2) is 30.6 Å². The Bertz CT molecular complexity index is 496. The first-order chi connectivity index (χ1) is 8.15. The predicted octanol–water partition coefficient (Wildman–Crippen LogP) is 1.57. The molecule has 88 valence electrons. The highest BCUT2D eigenvalue weighted by Gasteiger charge is 2.05. The fourth-order valence-electron chi connectivity index (χ4n) is 1.47. The molecule has 0 aliphatic rings. The maximum absolute atomic E-state index is 12.7. The summed E-state index contributed by atoms with van der Waals surface area (Å²) in [7, 11) is 0. The molecule has 0 aliphatic carbocycles. The molecule has 0 amide bonds. The first kappa shape index (κ1) is 11.6. The number of hydrogen-bond donors (Lipinski definition) is 1. The molecule has 2 aromatic heterocycles. The minimum atomic E-state index is -0.375. The second kappa shape index (κ2) is 4.97. The van der Waals surface area contributed by atoms with Crippen LogP contribution in [-0.2, 0) is 6.42 Å². The van der Waals surface area contributed by atoms with Crippen LogP contribution >= 0.6 is 0 Å². The molecule has 0 radical (unpaired) electrons. The third-order valence-corrected chi connectivity index (χ3v) is 2.20. The summed E-state index contributed by atoms with van der Waals surface area (Å²) in [4.78, 5) is 12.4. The van der Waals surface area contributed by atoms with Crippen molar-refractivity contribution in [2.45, 2.75) is 19.4 Å². The lowest BCUT2D eigenvalue weighted by Crippen LogP contribution is -2.18. The minimum absolute atomic E-state index is 0.0407. The smallest absolute Gasteiger partial charge is 0.178 e. The highest BCUT2D eigenvalue weighted by Crippen LogP contribution is 2.12. The van der Waals surface area contributed by atoms with Gasteiger partial charge in [-0.1, -0.05) is 0 Å². The second-order valence-electron chi connectivity index (χ2n) is 3.91. The lowest BCUT2D eigenvalue weighted by Gasteiger charge is -2.05. The van der Waals surface area contributed by atoms with E-state index in [-0.39, 0.29) is 11.9 Å². The standard InChI is InChI=1S/C12H13FN4/c1-8(14)6-10-4-5-15-12(17-10)11-3-2-9(13)7-16-11/h2-5,7-8H,6,14H2,1H3. The fourth-order valence-corrected chi connectivity index (χ4v) is 1.47. The van der Waals surface area contributed by atoms with Gasteiger partial charge in [0.2, 0.25) is 0 Å². The van der Waals surface area contributed by atoms with Gasteiger partial charge < -0.3 is 5.73 Å². The van der Waals surface area contributed by atoms with Crippen LogP contribution in [0.25, 0.3) is 11.5 Å². The van der Waals surface area contributed by atoms with Gasteiger partial charge in [0.05, 0.1) is 6.20 Å². The molecule has 0 fully saturated rings. The molecular formula is C12H13FN4. The minimum Gasteiger partial charge on any atom is -0.328 e. The molecule has 0 aliphatic heterocycles. The van der Waals surface area contributed by atoms with E-state index in [1.54, 1.807) is 12.3 Å². The van der Waals surface area contributed by atoms with Gasteiger partial charge in [0.15, 0.2) is 5.82 Å². The van der Waals surface area contributed by atoms with Gasteiger partial charge in [-0.15, -0.1) is 0 Å². The molecule has 2 N–H and O–H groups in total. The highest BCUT2D eigenvalue weighted by molar-refractivity contribution is 5.48. The Kier molecular flexibility index (Phi) is 3.39. The van der Waals surface area contributed by atoms with E-state index in [1.165, 1.54) is 6.07 Å². The quantitative estimate of drug-likeness (QED) is 0.872. The normalized spacial score (nSPS) is 12.4. The molecule has 0 spiro atoms. The number of halogens is 1. The monoisotopic (exact) mass is 232 g/mol. The SMILES string of the molecule is CC(N)Cc1ccnc(-c2ccc(F)cn2)n1. The van der Waals surface area contributed by atoms with Crippen LogP contribution in [-0.4, -0.2) is 21.0 Å². The Labute approximate surface area is 98.7 Å². The number of hydrogen-bond acceptors (Lipinski definition) is 4. The van der Waals surface area contributed by atoms with Gasteiger partial charge in [0.25, 0.3) is 0 Å². The molecule has 2 heterocycles. The van der Waals surface area contributed by atoms with E-state index >= 15 is 0 Å². The van der Waals surface area contributed by atoms with Gasteiger partial charge >= 0.3 is 0 Å². The Balaban J connectivity index is 2.29. The van der Waals surface area contributed by atoms with Crippen molar-refractivity contribution in [2.75, 3.05) is 0 Å². The summed E-state index contributed by atoms with van der Waals surface area (Å²) < 4.78 is 12.7. The molecule has 2 aromatic rings. The number of nitrogens with zero attached hydrogens (tertiary/aromatic N) is 3. The lowest BCUT2D eigenvalue weighted by atomic mass is 10.2. The number of pyridine rings is 1. The first-order valence-corrected chi connectivity index (χ1v) is 5.34.